The highest BCUT2D eigenvalue weighted by atomic mass is 13.8. The maximum absolute atomic E-state index is 3.63. The largest absolute Gasteiger partial charge is 0.0990 e. The smallest absolute Gasteiger partial charge is 0.0266 e. The van der Waals surface area contributed by atoms with Gasteiger partial charge in [-0.05, 0) is 12.5 Å². The van der Waals surface area contributed by atoms with E-state index < -0.39 is 0 Å². The van der Waals surface area contributed by atoms with Crippen molar-refractivity contribution in [3.05, 3.63) is 49.1 Å². The molecule has 0 aliphatic carbocycles. The van der Waals surface area contributed by atoms with E-state index in [-0.39, 0.29) is 0 Å². The number of allylic oxidation sites excluding steroid dienone is 6. The molecule has 0 aromatic heterocycles. The molecule has 0 bridgehead atoms. The van der Waals surface area contributed by atoms with Crippen LogP contribution in [0.3, 0.4) is 0 Å². The van der Waals surface area contributed by atoms with E-state index in [9.17, 15) is 0 Å². The molecule has 0 aliphatic rings. The van der Waals surface area contributed by atoms with E-state index in [1.165, 1.54) is 0 Å². The molecule has 0 aliphatic heterocycles. The summed E-state index contributed by atoms with van der Waals surface area (Å²) in [5.41, 5.74) is 1.09. The number of hydrogen-bond donors (Lipinski definition) is 0. The average molecular weight is 150 g/mol. The molecule has 0 heteroatoms. The first kappa shape index (κ1) is 12.6. The zero-order valence-electron chi connectivity index (χ0n) is 7.80. The third kappa shape index (κ3) is 8.96. The van der Waals surface area contributed by atoms with Crippen LogP contribution in [0.15, 0.2) is 49.1 Å². The Morgan fingerprint density at radius 1 is 1.18 bits per heavy atom. The molecule has 0 nitrogen and oxygen atoms in total. The van der Waals surface area contributed by atoms with Crippen LogP contribution in [0, 0.1) is 0 Å². The summed E-state index contributed by atoms with van der Waals surface area (Å²) in [6.07, 6.45) is 9.40. The third-order valence-corrected chi connectivity index (χ3v) is 0.905. The molecule has 0 N–H and O–H groups in total. The molecular weight excluding hydrogens is 132 g/mol. The van der Waals surface area contributed by atoms with Gasteiger partial charge in [0.2, 0.25) is 0 Å². The van der Waals surface area contributed by atoms with E-state index in [1.54, 1.807) is 12.2 Å². The first-order chi connectivity index (χ1) is 5.35. The van der Waals surface area contributed by atoms with Crippen molar-refractivity contribution in [1.29, 1.82) is 0 Å². The average Bonchev–Trinajstić information content (AvgIpc) is 2.08. The van der Waals surface area contributed by atoms with Gasteiger partial charge in [0.25, 0.3) is 0 Å². The van der Waals surface area contributed by atoms with Crippen molar-refractivity contribution in [1.82, 2.24) is 0 Å². The van der Waals surface area contributed by atoms with E-state index in [1.807, 2.05) is 39.0 Å². The fraction of sp³-hybridized carbons (Fsp3) is 0.273. The van der Waals surface area contributed by atoms with E-state index in [4.69, 9.17) is 0 Å². The minimum Gasteiger partial charge on any atom is -0.0990 e. The maximum atomic E-state index is 3.63. The summed E-state index contributed by atoms with van der Waals surface area (Å²) in [6.45, 7) is 13.2. The summed E-state index contributed by atoms with van der Waals surface area (Å²) in [6, 6.07) is 0. The van der Waals surface area contributed by atoms with Crippen LogP contribution in [0.1, 0.15) is 20.8 Å². The van der Waals surface area contributed by atoms with E-state index in [0.29, 0.717) is 0 Å². The lowest BCUT2D eigenvalue weighted by Crippen LogP contribution is -1.65. The van der Waals surface area contributed by atoms with Crippen LogP contribution in [-0.4, -0.2) is 0 Å². The van der Waals surface area contributed by atoms with Gasteiger partial charge >= 0.3 is 0 Å². The molecule has 0 heterocycles. The summed E-state index contributed by atoms with van der Waals surface area (Å²) in [4.78, 5) is 0. The topological polar surface area (TPSA) is 0 Å². The SMILES string of the molecule is C=C/C=C(C=C)\C=C/C.CC. The Hall–Kier alpha value is -1.04. The van der Waals surface area contributed by atoms with Crippen molar-refractivity contribution in [2.24, 2.45) is 0 Å². The molecule has 0 unspecified atom stereocenters. The minimum atomic E-state index is 1.09. The number of hydrogen-bond acceptors (Lipinski definition) is 0. The molecule has 62 valence electrons. The van der Waals surface area contributed by atoms with Crippen LogP contribution >= 0.6 is 0 Å². The van der Waals surface area contributed by atoms with Crippen LogP contribution in [0.4, 0.5) is 0 Å². The Morgan fingerprint density at radius 3 is 2.00 bits per heavy atom. The van der Waals surface area contributed by atoms with Gasteiger partial charge in [-0.25, -0.2) is 0 Å². The Labute approximate surface area is 70.6 Å². The van der Waals surface area contributed by atoms with Crippen LogP contribution in [0.5, 0.6) is 0 Å². The second-order valence-corrected chi connectivity index (χ2v) is 1.61. The summed E-state index contributed by atoms with van der Waals surface area (Å²) < 4.78 is 0. The molecule has 0 spiro atoms. The van der Waals surface area contributed by atoms with Crippen molar-refractivity contribution < 1.29 is 0 Å². The predicted molar refractivity (Wildman–Crippen MR) is 54.6 cm³/mol. The second-order valence-electron chi connectivity index (χ2n) is 1.61. The summed E-state index contributed by atoms with van der Waals surface area (Å²) in [5, 5.41) is 0. The number of rotatable bonds is 3. The molecule has 0 atom stereocenters. The molecule has 0 aromatic rings. The summed E-state index contributed by atoms with van der Waals surface area (Å²) >= 11 is 0. The van der Waals surface area contributed by atoms with Crippen molar-refractivity contribution in [3.63, 3.8) is 0 Å². The van der Waals surface area contributed by atoms with Crippen molar-refractivity contribution in [2.75, 3.05) is 0 Å². The van der Waals surface area contributed by atoms with Gasteiger partial charge in [0.15, 0.2) is 0 Å². The molecule has 0 radical (unpaired) electrons. The predicted octanol–water partition coefficient (Wildman–Crippen LogP) is 3.89. The Morgan fingerprint density at radius 2 is 1.73 bits per heavy atom. The van der Waals surface area contributed by atoms with Gasteiger partial charge in [-0.1, -0.05) is 57.4 Å². The quantitative estimate of drug-likeness (QED) is 0.535. The van der Waals surface area contributed by atoms with Gasteiger partial charge in [0, 0.05) is 0 Å². The molecule has 0 saturated heterocycles. The van der Waals surface area contributed by atoms with E-state index in [2.05, 4.69) is 13.2 Å². The van der Waals surface area contributed by atoms with Crippen LogP contribution in [-0.2, 0) is 0 Å². The van der Waals surface area contributed by atoms with Gasteiger partial charge in [0.05, 0.1) is 0 Å². The Balaban J connectivity index is 0. The van der Waals surface area contributed by atoms with E-state index in [0.717, 1.165) is 5.57 Å². The fourth-order valence-electron chi connectivity index (χ4n) is 0.520. The molecule has 0 rings (SSSR count). The lowest BCUT2D eigenvalue weighted by Gasteiger charge is -1.85. The highest BCUT2D eigenvalue weighted by Gasteiger charge is 1.76. The van der Waals surface area contributed by atoms with Gasteiger partial charge in [-0.3, -0.25) is 0 Å². The summed E-state index contributed by atoms with van der Waals surface area (Å²) in [5.74, 6) is 0. The minimum absolute atomic E-state index is 1.09. The molecular formula is C11H18. The summed E-state index contributed by atoms with van der Waals surface area (Å²) in [7, 11) is 0. The third-order valence-electron chi connectivity index (χ3n) is 0.905. The van der Waals surface area contributed by atoms with Crippen molar-refractivity contribution in [3.8, 4) is 0 Å². The molecule has 11 heavy (non-hydrogen) atoms. The maximum Gasteiger partial charge on any atom is -0.0266 e. The van der Waals surface area contributed by atoms with Crippen molar-refractivity contribution in [2.45, 2.75) is 20.8 Å². The monoisotopic (exact) mass is 150 g/mol. The van der Waals surface area contributed by atoms with Gasteiger partial charge in [-0.15, -0.1) is 0 Å². The normalized spacial score (nSPS) is 10.3. The lowest BCUT2D eigenvalue weighted by molar-refractivity contribution is 1.50. The molecule has 0 saturated carbocycles. The van der Waals surface area contributed by atoms with Gasteiger partial charge in [0.1, 0.15) is 0 Å². The van der Waals surface area contributed by atoms with Crippen molar-refractivity contribution >= 4 is 0 Å². The van der Waals surface area contributed by atoms with Crippen LogP contribution < -0.4 is 0 Å². The first-order valence-corrected chi connectivity index (χ1v) is 3.93. The van der Waals surface area contributed by atoms with Gasteiger partial charge in [-0.2, -0.15) is 0 Å². The molecule has 0 aromatic carbocycles. The van der Waals surface area contributed by atoms with Crippen LogP contribution in [0.2, 0.25) is 0 Å². The zero-order chi connectivity index (χ0) is 9.11. The highest BCUT2D eigenvalue weighted by Crippen LogP contribution is 1.96. The zero-order valence-corrected chi connectivity index (χ0v) is 7.80. The lowest BCUT2D eigenvalue weighted by atomic mass is 10.2. The molecule has 0 amide bonds. The highest BCUT2D eigenvalue weighted by molar-refractivity contribution is 5.31. The standard InChI is InChI=1S/C9H12.C2H6/c1-4-7-9(6-3)8-5-2;1-2/h4-8H,1,3H2,2H3;1-2H3/b8-5-,9-7-;. The van der Waals surface area contributed by atoms with E-state index >= 15 is 0 Å². The van der Waals surface area contributed by atoms with Crippen LogP contribution in [0.25, 0.3) is 0 Å². The Bertz CT molecular complexity index is 147. The fourth-order valence-corrected chi connectivity index (χ4v) is 0.520. The second kappa shape index (κ2) is 11.7. The Kier molecular flexibility index (Phi) is 13.4. The van der Waals surface area contributed by atoms with Gasteiger partial charge < -0.3 is 0 Å². The molecule has 0 fully saturated rings. The first-order valence-electron chi connectivity index (χ1n) is 3.93.